The van der Waals surface area contributed by atoms with Gasteiger partial charge >= 0.3 is 0 Å². The molecule has 0 radical (unpaired) electrons. The van der Waals surface area contributed by atoms with Crippen LogP contribution in [-0.4, -0.2) is 9.97 Å². The van der Waals surface area contributed by atoms with Crippen LogP contribution in [0.5, 0.6) is 0 Å². The van der Waals surface area contributed by atoms with Crippen LogP contribution in [0.25, 0.3) is 100 Å². The number of fused-ring (bicyclic) bond motifs is 6. The second kappa shape index (κ2) is 16.2. The topological polar surface area (TPSA) is 38.9 Å². The van der Waals surface area contributed by atoms with Crippen molar-refractivity contribution in [3.8, 4) is 78.4 Å². The molecule has 0 N–H and O–H groups in total. The van der Waals surface area contributed by atoms with Crippen molar-refractivity contribution >= 4 is 21.9 Å². The van der Waals surface area contributed by atoms with Crippen molar-refractivity contribution in [1.29, 1.82) is 0 Å². The summed E-state index contributed by atoms with van der Waals surface area (Å²) in [4.78, 5) is 10.8. The minimum absolute atomic E-state index is 0.490. The molecule has 10 aromatic carbocycles. The monoisotopic (exact) mass is 866 g/mol. The number of hydrogen-bond acceptors (Lipinski definition) is 3. The molecule has 318 valence electrons. The molecule has 3 heteroatoms. The average molecular weight is 867 g/mol. The zero-order chi connectivity index (χ0) is 45.0. The minimum Gasteiger partial charge on any atom is -0.455 e. The first kappa shape index (κ1) is 39.4. The fraction of sp³-hybridized carbons (Fsp3) is 0.0154. The highest BCUT2D eigenvalue weighted by Gasteiger charge is 2.46. The van der Waals surface area contributed by atoms with E-state index in [-0.39, 0.29) is 0 Å². The maximum absolute atomic E-state index is 6.67. The third kappa shape index (κ3) is 6.51. The van der Waals surface area contributed by atoms with Gasteiger partial charge in [0.05, 0.1) is 16.8 Å². The first-order valence-electron chi connectivity index (χ1n) is 23.2. The van der Waals surface area contributed by atoms with Crippen molar-refractivity contribution in [2.24, 2.45) is 0 Å². The number of rotatable bonds is 8. The summed E-state index contributed by atoms with van der Waals surface area (Å²) in [6, 6.07) is 91.2. The molecule has 0 amide bonds. The van der Waals surface area contributed by atoms with Gasteiger partial charge in [-0.1, -0.05) is 212 Å². The molecule has 0 aliphatic heterocycles. The highest BCUT2D eigenvalue weighted by molar-refractivity contribution is 6.10. The van der Waals surface area contributed by atoms with Gasteiger partial charge in [-0.25, -0.2) is 9.97 Å². The first-order chi connectivity index (χ1) is 33.7. The van der Waals surface area contributed by atoms with Crippen molar-refractivity contribution < 1.29 is 4.42 Å². The van der Waals surface area contributed by atoms with Crippen LogP contribution in [0.3, 0.4) is 0 Å². The van der Waals surface area contributed by atoms with Gasteiger partial charge in [0.1, 0.15) is 11.2 Å². The van der Waals surface area contributed by atoms with Gasteiger partial charge in [-0.2, -0.15) is 0 Å². The fourth-order valence-corrected chi connectivity index (χ4v) is 10.6. The average Bonchev–Trinajstić information content (AvgIpc) is 3.95. The molecular weight excluding hydrogens is 825 g/mol. The Morgan fingerprint density at radius 2 is 0.809 bits per heavy atom. The van der Waals surface area contributed by atoms with E-state index in [1.54, 1.807) is 0 Å². The highest BCUT2D eigenvalue weighted by atomic mass is 16.3. The number of para-hydroxylation sites is 2. The molecule has 2 heterocycles. The highest BCUT2D eigenvalue weighted by Crippen LogP contribution is 2.56. The standard InChI is InChI=1S/C65H42N2O/c1-5-19-43(20-6-1)45-23-17-24-46(37-45)48-38-49(53-31-18-32-56-55-30-14-16-34-62(55)68-63(53)56)40-50(39-48)61-42-60(66-64(67-61)44-21-7-2-8-22-44)47-35-36-59-57(41-47)54-29-13-15-33-58(54)65(59,51-25-9-3-10-26-51)52-27-11-4-12-28-52/h1-42H. The summed E-state index contributed by atoms with van der Waals surface area (Å²) in [5.74, 6) is 0.666. The zero-order valence-electron chi connectivity index (χ0n) is 37.1. The molecule has 2 aromatic heterocycles. The van der Waals surface area contributed by atoms with E-state index in [2.05, 4.69) is 237 Å². The van der Waals surface area contributed by atoms with Crippen LogP contribution in [0.1, 0.15) is 22.3 Å². The van der Waals surface area contributed by atoms with E-state index < -0.39 is 5.41 Å². The summed E-state index contributed by atoms with van der Waals surface area (Å²) < 4.78 is 6.67. The quantitative estimate of drug-likeness (QED) is 0.153. The van der Waals surface area contributed by atoms with Crippen LogP contribution in [0.15, 0.2) is 259 Å². The lowest BCUT2D eigenvalue weighted by molar-refractivity contribution is 0.670. The van der Waals surface area contributed by atoms with Gasteiger partial charge in [-0.3, -0.25) is 0 Å². The summed E-state index contributed by atoms with van der Waals surface area (Å²) in [5.41, 5.74) is 19.9. The summed E-state index contributed by atoms with van der Waals surface area (Å²) in [6.45, 7) is 0. The van der Waals surface area contributed by atoms with E-state index in [1.807, 2.05) is 18.2 Å². The zero-order valence-corrected chi connectivity index (χ0v) is 37.1. The Kier molecular flexibility index (Phi) is 9.40. The lowest BCUT2D eigenvalue weighted by Crippen LogP contribution is -2.28. The predicted octanol–water partition coefficient (Wildman–Crippen LogP) is 16.7. The second-order valence-corrected chi connectivity index (χ2v) is 17.6. The molecule has 0 fully saturated rings. The largest absolute Gasteiger partial charge is 0.455 e. The molecule has 0 unspecified atom stereocenters. The molecule has 12 aromatic rings. The minimum atomic E-state index is -0.490. The van der Waals surface area contributed by atoms with Gasteiger partial charge in [0, 0.05) is 33.0 Å². The van der Waals surface area contributed by atoms with Crippen LogP contribution < -0.4 is 0 Å². The maximum atomic E-state index is 6.67. The van der Waals surface area contributed by atoms with Gasteiger partial charge in [-0.15, -0.1) is 0 Å². The van der Waals surface area contributed by atoms with E-state index in [4.69, 9.17) is 14.4 Å². The van der Waals surface area contributed by atoms with Crippen molar-refractivity contribution in [3.63, 3.8) is 0 Å². The van der Waals surface area contributed by atoms with Gasteiger partial charge in [-0.05, 0) is 104 Å². The number of nitrogens with zero attached hydrogens (tertiary/aromatic N) is 2. The van der Waals surface area contributed by atoms with E-state index >= 15 is 0 Å². The Morgan fingerprint density at radius 3 is 1.56 bits per heavy atom. The maximum Gasteiger partial charge on any atom is 0.160 e. The Bertz CT molecular complexity index is 3800. The molecule has 1 aliphatic carbocycles. The van der Waals surface area contributed by atoms with Crippen molar-refractivity contribution in [2.75, 3.05) is 0 Å². The summed E-state index contributed by atoms with van der Waals surface area (Å²) >= 11 is 0. The Balaban J connectivity index is 1.03. The van der Waals surface area contributed by atoms with Crippen LogP contribution in [-0.2, 0) is 5.41 Å². The molecule has 68 heavy (non-hydrogen) atoms. The first-order valence-corrected chi connectivity index (χ1v) is 23.2. The van der Waals surface area contributed by atoms with Gasteiger partial charge in [0.2, 0.25) is 0 Å². The number of furan rings is 1. The van der Waals surface area contributed by atoms with E-state index in [9.17, 15) is 0 Å². The van der Waals surface area contributed by atoms with Crippen LogP contribution >= 0.6 is 0 Å². The molecule has 0 spiro atoms. The summed E-state index contributed by atoms with van der Waals surface area (Å²) in [7, 11) is 0. The number of aromatic nitrogens is 2. The predicted molar refractivity (Wildman–Crippen MR) is 279 cm³/mol. The van der Waals surface area contributed by atoms with Gasteiger partial charge in [0.15, 0.2) is 5.82 Å². The van der Waals surface area contributed by atoms with Crippen LogP contribution in [0.4, 0.5) is 0 Å². The Hall–Kier alpha value is -8.92. The van der Waals surface area contributed by atoms with Crippen molar-refractivity contribution in [1.82, 2.24) is 9.97 Å². The molecule has 0 atom stereocenters. The third-order valence-corrected chi connectivity index (χ3v) is 13.8. The molecule has 0 saturated heterocycles. The molecule has 0 saturated carbocycles. The van der Waals surface area contributed by atoms with Crippen LogP contribution in [0, 0.1) is 0 Å². The normalized spacial score (nSPS) is 12.5. The smallest absolute Gasteiger partial charge is 0.160 e. The molecule has 3 nitrogen and oxygen atoms in total. The van der Waals surface area contributed by atoms with Crippen LogP contribution in [0.2, 0.25) is 0 Å². The van der Waals surface area contributed by atoms with Gasteiger partial charge < -0.3 is 4.42 Å². The molecule has 1 aliphatic rings. The molecule has 0 bridgehead atoms. The molecular formula is C65H42N2O. The van der Waals surface area contributed by atoms with Crippen molar-refractivity contribution in [3.05, 3.63) is 277 Å². The van der Waals surface area contributed by atoms with E-state index in [0.29, 0.717) is 5.82 Å². The summed E-state index contributed by atoms with van der Waals surface area (Å²) in [5, 5.41) is 2.19. The fourth-order valence-electron chi connectivity index (χ4n) is 10.6. The number of hydrogen-bond donors (Lipinski definition) is 0. The Labute approximate surface area is 395 Å². The lowest BCUT2D eigenvalue weighted by Gasteiger charge is -2.33. The SMILES string of the molecule is c1ccc(-c2cccc(-c3cc(-c4cc(-c5ccc6c(c5)-c5ccccc5C6(c5ccccc5)c5ccccc5)nc(-c5ccccc5)n4)cc(-c4cccc5c4oc4ccccc45)c3)c2)cc1. The molecule has 13 rings (SSSR count). The van der Waals surface area contributed by atoms with Crippen molar-refractivity contribution in [2.45, 2.75) is 5.41 Å². The van der Waals surface area contributed by atoms with E-state index in [0.717, 1.165) is 77.8 Å². The third-order valence-electron chi connectivity index (χ3n) is 13.8. The Morgan fingerprint density at radius 1 is 0.294 bits per heavy atom. The summed E-state index contributed by atoms with van der Waals surface area (Å²) in [6.07, 6.45) is 0. The van der Waals surface area contributed by atoms with Gasteiger partial charge in [0.25, 0.3) is 0 Å². The lowest BCUT2D eigenvalue weighted by atomic mass is 9.67. The number of benzene rings is 10. The second-order valence-electron chi connectivity index (χ2n) is 17.6. The van der Waals surface area contributed by atoms with E-state index in [1.165, 1.54) is 38.9 Å².